The van der Waals surface area contributed by atoms with Crippen molar-refractivity contribution in [2.45, 2.75) is 13.1 Å². The quantitative estimate of drug-likeness (QED) is 0.502. The normalized spacial score (nSPS) is 16.2. The Labute approximate surface area is 166 Å². The average Bonchev–Trinajstić information content (AvgIpc) is 3.32. The van der Waals surface area contributed by atoms with Gasteiger partial charge < -0.3 is 19.1 Å². The molecule has 27 heavy (non-hydrogen) atoms. The number of nitrogens with zero attached hydrogens (tertiary/aromatic N) is 6. The first-order valence-corrected chi connectivity index (χ1v) is 9.71. The minimum atomic E-state index is 0.644. The van der Waals surface area contributed by atoms with E-state index in [1.165, 1.54) is 0 Å². The minimum Gasteiger partial charge on any atom is -0.364 e. The van der Waals surface area contributed by atoms with Crippen molar-refractivity contribution in [1.29, 1.82) is 0 Å². The van der Waals surface area contributed by atoms with E-state index in [1.807, 2.05) is 42.0 Å². The lowest BCUT2D eigenvalue weighted by Gasteiger charge is -2.36. The zero-order valence-electron chi connectivity index (χ0n) is 15.2. The summed E-state index contributed by atoms with van der Waals surface area (Å²) < 4.78 is 7.96. The van der Waals surface area contributed by atoms with Crippen LogP contribution in [0.3, 0.4) is 0 Å². The highest BCUT2D eigenvalue weighted by Crippen LogP contribution is 2.13. The van der Waals surface area contributed by atoms with E-state index in [0.29, 0.717) is 6.54 Å². The molecule has 1 aliphatic rings. The van der Waals surface area contributed by atoms with Crippen LogP contribution in [0.4, 0.5) is 0 Å². The van der Waals surface area contributed by atoms with Crippen LogP contribution < -0.4 is 5.32 Å². The highest BCUT2D eigenvalue weighted by molar-refractivity contribution is 9.10. The first-order chi connectivity index (χ1) is 13.2. The molecule has 0 aromatic carbocycles. The van der Waals surface area contributed by atoms with Crippen LogP contribution in [0.15, 0.2) is 50.8 Å². The summed E-state index contributed by atoms with van der Waals surface area (Å²) in [5.41, 5.74) is 2.90. The molecular weight excluding hydrogens is 410 g/mol. The number of fused-ring (bicyclic) bond motifs is 1. The maximum atomic E-state index is 4.91. The van der Waals surface area contributed by atoms with Crippen LogP contribution in [0.25, 0.3) is 5.65 Å². The first-order valence-electron chi connectivity index (χ1n) is 8.91. The van der Waals surface area contributed by atoms with Gasteiger partial charge in [-0.1, -0.05) is 5.16 Å². The molecule has 0 spiro atoms. The number of aromatic nitrogens is 3. The summed E-state index contributed by atoms with van der Waals surface area (Å²) in [5, 5.41) is 7.42. The molecule has 142 valence electrons. The largest absolute Gasteiger partial charge is 0.364 e. The molecule has 0 atom stereocenters. The van der Waals surface area contributed by atoms with Gasteiger partial charge >= 0.3 is 0 Å². The van der Waals surface area contributed by atoms with Crippen LogP contribution in [0.5, 0.6) is 0 Å². The van der Waals surface area contributed by atoms with Crippen molar-refractivity contribution in [2.75, 3.05) is 33.2 Å². The van der Waals surface area contributed by atoms with Gasteiger partial charge in [0.2, 0.25) is 0 Å². The number of halogens is 1. The van der Waals surface area contributed by atoms with Crippen molar-refractivity contribution in [2.24, 2.45) is 4.99 Å². The average molecular weight is 432 g/mol. The van der Waals surface area contributed by atoms with E-state index in [-0.39, 0.29) is 0 Å². The zero-order valence-corrected chi connectivity index (χ0v) is 16.8. The summed E-state index contributed by atoms with van der Waals surface area (Å²) in [6.07, 6.45) is 5.67. The molecule has 1 saturated heterocycles. The van der Waals surface area contributed by atoms with Gasteiger partial charge in [-0.3, -0.25) is 9.89 Å². The van der Waals surface area contributed by atoms with Gasteiger partial charge in [0.1, 0.15) is 11.9 Å². The number of piperazine rings is 1. The molecule has 3 aromatic heterocycles. The van der Waals surface area contributed by atoms with E-state index in [4.69, 9.17) is 4.52 Å². The molecule has 1 N–H and O–H groups in total. The molecule has 0 amide bonds. The summed E-state index contributed by atoms with van der Waals surface area (Å²) in [6.45, 7) is 5.26. The van der Waals surface area contributed by atoms with E-state index < -0.39 is 0 Å². The van der Waals surface area contributed by atoms with Crippen molar-refractivity contribution in [1.82, 2.24) is 29.7 Å². The van der Waals surface area contributed by atoms with Gasteiger partial charge in [0.05, 0.1) is 17.9 Å². The van der Waals surface area contributed by atoms with Crippen LogP contribution in [0.1, 0.15) is 11.4 Å². The molecule has 0 bridgehead atoms. The van der Waals surface area contributed by atoms with Crippen molar-refractivity contribution in [3.05, 3.63) is 52.7 Å². The lowest BCUT2D eigenvalue weighted by Crippen LogP contribution is -2.52. The van der Waals surface area contributed by atoms with Gasteiger partial charge in [-0.25, -0.2) is 4.98 Å². The molecule has 4 heterocycles. The van der Waals surface area contributed by atoms with Gasteiger partial charge in [0, 0.05) is 62.7 Å². The van der Waals surface area contributed by atoms with Crippen molar-refractivity contribution in [3.8, 4) is 0 Å². The first kappa shape index (κ1) is 18.0. The molecule has 0 aliphatic carbocycles. The monoisotopic (exact) mass is 431 g/mol. The highest BCUT2D eigenvalue weighted by Gasteiger charge is 2.20. The Balaban J connectivity index is 1.31. The number of hydrogen-bond donors (Lipinski definition) is 1. The van der Waals surface area contributed by atoms with Gasteiger partial charge in [-0.2, -0.15) is 0 Å². The molecule has 4 rings (SSSR count). The molecule has 0 saturated carbocycles. The molecule has 0 unspecified atom stereocenters. The van der Waals surface area contributed by atoms with Gasteiger partial charge in [0.25, 0.3) is 0 Å². The Morgan fingerprint density at radius 3 is 2.78 bits per heavy atom. The summed E-state index contributed by atoms with van der Waals surface area (Å²) in [5.74, 6) is 0.911. The van der Waals surface area contributed by atoms with Crippen LogP contribution in [-0.4, -0.2) is 63.5 Å². The fraction of sp³-hybridized carbons (Fsp3) is 0.389. The predicted octanol–water partition coefficient (Wildman–Crippen LogP) is 1.98. The second-order valence-corrected chi connectivity index (χ2v) is 7.42. The Morgan fingerprint density at radius 2 is 2.04 bits per heavy atom. The minimum absolute atomic E-state index is 0.644. The van der Waals surface area contributed by atoms with E-state index in [2.05, 4.69) is 46.2 Å². The lowest BCUT2D eigenvalue weighted by atomic mass is 10.3. The topological polar surface area (TPSA) is 74.2 Å². The molecule has 8 nitrogen and oxygen atoms in total. The van der Waals surface area contributed by atoms with Gasteiger partial charge in [-0.15, -0.1) is 0 Å². The number of nitrogens with one attached hydrogen (secondary N) is 1. The Kier molecular flexibility index (Phi) is 5.40. The van der Waals surface area contributed by atoms with E-state index in [9.17, 15) is 0 Å². The third-order valence-electron chi connectivity index (χ3n) is 4.65. The highest BCUT2D eigenvalue weighted by atomic mass is 79.9. The second kappa shape index (κ2) is 8.10. The number of aliphatic imine (C=N–C) groups is 1. The SMILES string of the molecule is CN=C(NCc1cn2cc(Br)ccc2n1)N1CCN(Cc2ccon2)CC1. The molecule has 3 aromatic rings. The van der Waals surface area contributed by atoms with Crippen molar-refractivity contribution in [3.63, 3.8) is 0 Å². The number of hydrogen-bond acceptors (Lipinski definition) is 5. The molecule has 1 aliphatic heterocycles. The summed E-state index contributed by atoms with van der Waals surface area (Å²) in [7, 11) is 1.82. The molecule has 0 radical (unpaired) electrons. The maximum Gasteiger partial charge on any atom is 0.194 e. The maximum absolute atomic E-state index is 4.91. The van der Waals surface area contributed by atoms with Gasteiger partial charge in [0.15, 0.2) is 5.96 Å². The van der Waals surface area contributed by atoms with Crippen molar-refractivity contribution >= 4 is 27.5 Å². The summed E-state index contributed by atoms with van der Waals surface area (Å²) >= 11 is 3.49. The Hall–Kier alpha value is -2.39. The number of rotatable bonds is 4. The number of pyridine rings is 1. The number of imidazole rings is 1. The summed E-state index contributed by atoms with van der Waals surface area (Å²) in [4.78, 5) is 13.7. The van der Waals surface area contributed by atoms with E-state index in [0.717, 1.165) is 60.2 Å². The van der Waals surface area contributed by atoms with Gasteiger partial charge in [-0.05, 0) is 28.1 Å². The fourth-order valence-electron chi connectivity index (χ4n) is 3.27. The van der Waals surface area contributed by atoms with Crippen LogP contribution in [0.2, 0.25) is 0 Å². The Bertz CT molecular complexity index is 913. The third-order valence-corrected chi connectivity index (χ3v) is 5.12. The van der Waals surface area contributed by atoms with Crippen LogP contribution >= 0.6 is 15.9 Å². The second-order valence-electron chi connectivity index (χ2n) is 6.50. The third kappa shape index (κ3) is 4.30. The molecular formula is C18H22BrN7O. The fourth-order valence-corrected chi connectivity index (χ4v) is 3.62. The lowest BCUT2D eigenvalue weighted by molar-refractivity contribution is 0.169. The summed E-state index contributed by atoms with van der Waals surface area (Å²) in [6, 6.07) is 5.91. The predicted molar refractivity (Wildman–Crippen MR) is 106 cm³/mol. The van der Waals surface area contributed by atoms with Crippen molar-refractivity contribution < 1.29 is 4.52 Å². The molecule has 1 fully saturated rings. The van der Waals surface area contributed by atoms with Crippen LogP contribution in [0, 0.1) is 0 Å². The molecule has 9 heteroatoms. The smallest absolute Gasteiger partial charge is 0.194 e. The van der Waals surface area contributed by atoms with E-state index >= 15 is 0 Å². The Morgan fingerprint density at radius 1 is 1.19 bits per heavy atom. The number of guanidine groups is 1. The zero-order chi connectivity index (χ0) is 18.6. The van der Waals surface area contributed by atoms with E-state index in [1.54, 1.807) is 6.26 Å². The van der Waals surface area contributed by atoms with Crippen LogP contribution in [-0.2, 0) is 13.1 Å². The standard InChI is InChI=1S/C18H22BrN7O/c1-20-18(21-10-16-13-26-11-14(19)2-3-17(26)22-16)25-7-5-24(6-8-25)12-15-4-9-27-23-15/h2-4,9,11,13H,5-8,10,12H2,1H3,(H,20,21).